The quantitative estimate of drug-likeness (QED) is 0.584. The Morgan fingerprint density at radius 1 is 0.947 bits per heavy atom. The standard InChI is InChI=1S/C18H23.Na/c1-13(2)9-17-11-15-7-5-6-8-16(15)12-18(17)10-14(3)4;/h5-8,11,13-14H,9-10H2,1-4H3;/q-1;+1. The Morgan fingerprint density at radius 3 is 2.21 bits per heavy atom. The SMILES string of the molecule is CC(C)Cc1[c-]c2ccccc2cc1CC(C)C.[Na+]. The molecule has 0 bridgehead atoms. The minimum atomic E-state index is 0. The summed E-state index contributed by atoms with van der Waals surface area (Å²) in [5.74, 6) is 1.39. The van der Waals surface area contributed by atoms with E-state index in [0.29, 0.717) is 11.8 Å². The maximum atomic E-state index is 3.63. The Hall–Kier alpha value is -0.300. The van der Waals surface area contributed by atoms with E-state index < -0.39 is 0 Å². The van der Waals surface area contributed by atoms with Crippen molar-refractivity contribution in [1.82, 2.24) is 0 Å². The zero-order valence-corrected chi connectivity index (χ0v) is 15.0. The van der Waals surface area contributed by atoms with Gasteiger partial charge in [-0.05, 0) is 12.3 Å². The van der Waals surface area contributed by atoms with Crippen LogP contribution in [0.1, 0.15) is 38.8 Å². The molecule has 0 nitrogen and oxygen atoms in total. The molecule has 0 radical (unpaired) electrons. The van der Waals surface area contributed by atoms with Crippen molar-refractivity contribution < 1.29 is 29.6 Å². The first-order valence-electron chi connectivity index (χ1n) is 6.99. The molecule has 0 aliphatic heterocycles. The molecule has 0 unspecified atom stereocenters. The molecular formula is C18H23Na. The predicted molar refractivity (Wildman–Crippen MR) is 79.9 cm³/mol. The first-order chi connectivity index (χ1) is 8.56. The van der Waals surface area contributed by atoms with Gasteiger partial charge in [-0.25, -0.2) is 0 Å². The Bertz CT molecular complexity index is 478. The average molecular weight is 262 g/mol. The maximum Gasteiger partial charge on any atom is 1.00 e. The summed E-state index contributed by atoms with van der Waals surface area (Å²) >= 11 is 0. The predicted octanol–water partition coefficient (Wildman–Crippen LogP) is 2.04. The van der Waals surface area contributed by atoms with Gasteiger partial charge in [0.05, 0.1) is 0 Å². The van der Waals surface area contributed by atoms with Crippen LogP contribution in [0.2, 0.25) is 0 Å². The fourth-order valence-electron chi connectivity index (χ4n) is 2.47. The Morgan fingerprint density at radius 2 is 1.58 bits per heavy atom. The van der Waals surface area contributed by atoms with Gasteiger partial charge in [0.15, 0.2) is 0 Å². The third-order valence-electron chi connectivity index (χ3n) is 3.20. The van der Waals surface area contributed by atoms with Crippen LogP contribution >= 0.6 is 0 Å². The zero-order chi connectivity index (χ0) is 13.1. The van der Waals surface area contributed by atoms with E-state index in [1.54, 1.807) is 0 Å². The van der Waals surface area contributed by atoms with Crippen LogP contribution in [0.25, 0.3) is 10.8 Å². The summed E-state index contributed by atoms with van der Waals surface area (Å²) in [6, 6.07) is 14.6. The van der Waals surface area contributed by atoms with Crippen molar-refractivity contribution in [2.24, 2.45) is 11.8 Å². The summed E-state index contributed by atoms with van der Waals surface area (Å²) in [5, 5.41) is 2.57. The second-order valence-electron chi connectivity index (χ2n) is 6.06. The molecule has 0 fully saturated rings. The first kappa shape index (κ1) is 16.8. The largest absolute Gasteiger partial charge is 1.00 e. The van der Waals surface area contributed by atoms with Crippen LogP contribution in [-0.2, 0) is 12.8 Å². The zero-order valence-electron chi connectivity index (χ0n) is 13.0. The van der Waals surface area contributed by atoms with Crippen LogP contribution in [0.15, 0.2) is 30.3 Å². The molecule has 0 heterocycles. The fourth-order valence-corrected chi connectivity index (χ4v) is 2.47. The fraction of sp³-hybridized carbons (Fsp3) is 0.444. The summed E-state index contributed by atoms with van der Waals surface area (Å²) in [5.41, 5.74) is 2.90. The second kappa shape index (κ2) is 7.47. The van der Waals surface area contributed by atoms with Crippen molar-refractivity contribution in [3.63, 3.8) is 0 Å². The molecule has 0 N–H and O–H groups in total. The maximum absolute atomic E-state index is 3.63. The number of hydrogen-bond donors (Lipinski definition) is 0. The Balaban J connectivity index is 0.00000180. The van der Waals surface area contributed by atoms with Crippen molar-refractivity contribution in [2.45, 2.75) is 40.5 Å². The average Bonchev–Trinajstić information content (AvgIpc) is 2.28. The number of hydrogen-bond acceptors (Lipinski definition) is 0. The van der Waals surface area contributed by atoms with E-state index in [0.717, 1.165) is 12.8 Å². The van der Waals surface area contributed by atoms with Crippen LogP contribution in [0.4, 0.5) is 0 Å². The van der Waals surface area contributed by atoms with Crippen LogP contribution in [0.5, 0.6) is 0 Å². The molecule has 0 spiro atoms. The molecule has 1 heteroatoms. The number of fused-ring (bicyclic) bond motifs is 1. The molecule has 0 atom stereocenters. The van der Waals surface area contributed by atoms with Gasteiger partial charge in [-0.2, -0.15) is 0 Å². The molecule has 2 aromatic carbocycles. The third-order valence-corrected chi connectivity index (χ3v) is 3.20. The van der Waals surface area contributed by atoms with Crippen molar-refractivity contribution in [1.29, 1.82) is 0 Å². The molecule has 0 aromatic heterocycles. The molecule has 96 valence electrons. The van der Waals surface area contributed by atoms with Crippen LogP contribution in [0.3, 0.4) is 0 Å². The topological polar surface area (TPSA) is 0 Å². The Labute approximate surface area is 139 Å². The molecule has 0 aliphatic rings. The smallest absolute Gasteiger partial charge is 0.143 e. The Kier molecular flexibility index (Phi) is 6.59. The van der Waals surface area contributed by atoms with Gasteiger partial charge in [0, 0.05) is 0 Å². The van der Waals surface area contributed by atoms with E-state index >= 15 is 0 Å². The van der Waals surface area contributed by atoms with Crippen LogP contribution in [-0.4, -0.2) is 0 Å². The summed E-state index contributed by atoms with van der Waals surface area (Å²) in [4.78, 5) is 0. The summed E-state index contributed by atoms with van der Waals surface area (Å²) in [6.45, 7) is 9.13. The summed E-state index contributed by atoms with van der Waals surface area (Å²) in [6.07, 6.45) is 2.29. The van der Waals surface area contributed by atoms with Gasteiger partial charge >= 0.3 is 29.6 Å². The van der Waals surface area contributed by atoms with Crippen molar-refractivity contribution in [2.75, 3.05) is 0 Å². The normalized spacial score (nSPS) is 11.1. The van der Waals surface area contributed by atoms with Crippen molar-refractivity contribution >= 4 is 10.8 Å². The van der Waals surface area contributed by atoms with Gasteiger partial charge < -0.3 is 0 Å². The molecule has 0 saturated carbocycles. The van der Waals surface area contributed by atoms with E-state index in [1.165, 1.54) is 21.9 Å². The third kappa shape index (κ3) is 4.63. The van der Waals surface area contributed by atoms with E-state index in [2.05, 4.69) is 64.1 Å². The number of benzene rings is 2. The minimum absolute atomic E-state index is 0. The van der Waals surface area contributed by atoms with E-state index in [1.807, 2.05) is 0 Å². The van der Waals surface area contributed by atoms with E-state index in [-0.39, 0.29) is 29.6 Å². The van der Waals surface area contributed by atoms with Gasteiger partial charge in [0.2, 0.25) is 0 Å². The van der Waals surface area contributed by atoms with Gasteiger partial charge in [0.25, 0.3) is 0 Å². The van der Waals surface area contributed by atoms with E-state index in [9.17, 15) is 0 Å². The van der Waals surface area contributed by atoms with Gasteiger partial charge in [-0.1, -0.05) is 52.2 Å². The summed E-state index contributed by atoms with van der Waals surface area (Å²) in [7, 11) is 0. The molecular weight excluding hydrogens is 239 g/mol. The van der Waals surface area contributed by atoms with Crippen molar-refractivity contribution in [3.8, 4) is 0 Å². The minimum Gasteiger partial charge on any atom is -0.143 e. The van der Waals surface area contributed by atoms with Gasteiger partial charge in [-0.15, -0.1) is 46.2 Å². The summed E-state index contributed by atoms with van der Waals surface area (Å²) < 4.78 is 0. The van der Waals surface area contributed by atoms with Gasteiger partial charge in [0.1, 0.15) is 0 Å². The number of rotatable bonds is 4. The molecule has 19 heavy (non-hydrogen) atoms. The molecule has 0 saturated heterocycles. The monoisotopic (exact) mass is 262 g/mol. The van der Waals surface area contributed by atoms with Gasteiger partial charge in [-0.3, -0.25) is 0 Å². The van der Waals surface area contributed by atoms with Crippen molar-refractivity contribution in [3.05, 3.63) is 47.5 Å². The molecule has 2 aromatic rings. The van der Waals surface area contributed by atoms with Crippen LogP contribution in [0, 0.1) is 17.9 Å². The molecule has 0 amide bonds. The molecule has 2 rings (SSSR count). The molecule has 0 aliphatic carbocycles. The van der Waals surface area contributed by atoms with E-state index in [4.69, 9.17) is 0 Å². The van der Waals surface area contributed by atoms with Crippen LogP contribution < -0.4 is 29.6 Å². The first-order valence-corrected chi connectivity index (χ1v) is 6.99. The second-order valence-corrected chi connectivity index (χ2v) is 6.06.